The highest BCUT2D eigenvalue weighted by Gasteiger charge is 2.49. The van der Waals surface area contributed by atoms with Crippen molar-refractivity contribution in [2.75, 3.05) is 20.8 Å². The molecular weight excluding hydrogens is 242 g/mol. The quantitative estimate of drug-likeness (QED) is 0.377. The highest BCUT2D eigenvalue weighted by Crippen LogP contribution is 2.28. The number of amides is 2. The Hall–Kier alpha value is -1.92. The number of esters is 2. The van der Waals surface area contributed by atoms with Crippen LogP contribution in [0.2, 0.25) is 0 Å². The van der Waals surface area contributed by atoms with E-state index in [4.69, 9.17) is 0 Å². The van der Waals surface area contributed by atoms with Crippen LogP contribution in [-0.4, -0.2) is 49.4 Å². The standard InChI is InChI=1S/C11H15NO6/c1-4-12-7(13)5-6(9(12)14)8(10(15)17-2)11(16)18-3/h6,8H,4-5H2,1-3H3/t6-/m0/s1. The first kappa shape index (κ1) is 14.1. The Morgan fingerprint density at radius 3 is 2.11 bits per heavy atom. The Balaban J connectivity index is 3.01. The molecule has 0 aromatic carbocycles. The van der Waals surface area contributed by atoms with Gasteiger partial charge < -0.3 is 9.47 Å². The zero-order valence-corrected chi connectivity index (χ0v) is 10.5. The number of carbonyl (C=O) groups excluding carboxylic acids is 4. The predicted molar refractivity (Wildman–Crippen MR) is 58.0 cm³/mol. The van der Waals surface area contributed by atoms with E-state index in [0.717, 1.165) is 19.1 Å². The van der Waals surface area contributed by atoms with Crippen LogP contribution in [-0.2, 0) is 28.7 Å². The smallest absolute Gasteiger partial charge is 0.320 e. The third kappa shape index (κ3) is 2.34. The van der Waals surface area contributed by atoms with Crippen LogP contribution in [0.5, 0.6) is 0 Å². The lowest BCUT2D eigenvalue weighted by Crippen LogP contribution is -2.38. The van der Waals surface area contributed by atoms with Gasteiger partial charge in [-0.2, -0.15) is 0 Å². The number of likely N-dealkylation sites (tertiary alicyclic amines) is 1. The van der Waals surface area contributed by atoms with Crippen molar-refractivity contribution in [2.45, 2.75) is 13.3 Å². The second kappa shape index (κ2) is 5.61. The molecule has 0 saturated carbocycles. The summed E-state index contributed by atoms with van der Waals surface area (Å²) in [6.45, 7) is 1.85. The van der Waals surface area contributed by atoms with E-state index in [1.807, 2.05) is 0 Å². The maximum atomic E-state index is 11.9. The van der Waals surface area contributed by atoms with Crippen LogP contribution < -0.4 is 0 Å². The van der Waals surface area contributed by atoms with Crippen LogP contribution in [0.3, 0.4) is 0 Å². The molecule has 0 aliphatic carbocycles. The SMILES string of the molecule is CCN1C(=O)C[C@@H](C(C(=O)OC)C(=O)OC)C1=O. The molecule has 7 nitrogen and oxygen atoms in total. The summed E-state index contributed by atoms with van der Waals surface area (Å²) in [7, 11) is 2.22. The fraction of sp³-hybridized carbons (Fsp3) is 0.636. The summed E-state index contributed by atoms with van der Waals surface area (Å²) in [4.78, 5) is 47.6. The van der Waals surface area contributed by atoms with Crippen molar-refractivity contribution in [3.63, 3.8) is 0 Å². The molecule has 2 amide bonds. The van der Waals surface area contributed by atoms with Gasteiger partial charge in [-0.25, -0.2) is 0 Å². The molecule has 1 aliphatic heterocycles. The van der Waals surface area contributed by atoms with Gasteiger partial charge in [0.2, 0.25) is 11.8 Å². The summed E-state index contributed by atoms with van der Waals surface area (Å²) in [6.07, 6.45) is -0.179. The third-order valence-electron chi connectivity index (χ3n) is 2.91. The highest BCUT2D eigenvalue weighted by molar-refractivity contribution is 6.09. The van der Waals surface area contributed by atoms with Gasteiger partial charge in [-0.3, -0.25) is 24.1 Å². The van der Waals surface area contributed by atoms with Gasteiger partial charge in [0.25, 0.3) is 0 Å². The van der Waals surface area contributed by atoms with E-state index in [0.29, 0.717) is 0 Å². The highest BCUT2D eigenvalue weighted by atomic mass is 16.5. The number of ether oxygens (including phenoxy) is 2. The fourth-order valence-corrected chi connectivity index (χ4v) is 1.98. The molecular formula is C11H15NO6. The molecule has 0 N–H and O–H groups in total. The van der Waals surface area contributed by atoms with Crippen LogP contribution in [0, 0.1) is 11.8 Å². The molecule has 1 rings (SSSR count). The fourth-order valence-electron chi connectivity index (χ4n) is 1.98. The monoisotopic (exact) mass is 257 g/mol. The Labute approximate surface area is 104 Å². The molecule has 0 bridgehead atoms. The van der Waals surface area contributed by atoms with Crippen LogP contribution in [0.25, 0.3) is 0 Å². The van der Waals surface area contributed by atoms with E-state index >= 15 is 0 Å². The first-order valence-electron chi connectivity index (χ1n) is 5.47. The number of methoxy groups -OCH3 is 2. The molecule has 1 heterocycles. The topological polar surface area (TPSA) is 90.0 Å². The number of carbonyl (C=O) groups is 4. The Morgan fingerprint density at radius 1 is 1.28 bits per heavy atom. The van der Waals surface area contributed by atoms with E-state index in [-0.39, 0.29) is 13.0 Å². The van der Waals surface area contributed by atoms with Gasteiger partial charge in [0.1, 0.15) is 0 Å². The maximum Gasteiger partial charge on any atom is 0.320 e. The minimum Gasteiger partial charge on any atom is -0.468 e. The summed E-state index contributed by atoms with van der Waals surface area (Å²) in [5, 5.41) is 0. The second-order valence-corrected chi connectivity index (χ2v) is 3.81. The molecule has 18 heavy (non-hydrogen) atoms. The van der Waals surface area contributed by atoms with E-state index in [9.17, 15) is 19.2 Å². The van der Waals surface area contributed by atoms with E-state index < -0.39 is 35.6 Å². The molecule has 1 aliphatic rings. The molecule has 7 heteroatoms. The lowest BCUT2D eigenvalue weighted by Gasteiger charge is -2.17. The molecule has 0 aromatic rings. The van der Waals surface area contributed by atoms with E-state index in [2.05, 4.69) is 9.47 Å². The number of nitrogens with zero attached hydrogens (tertiary/aromatic N) is 1. The van der Waals surface area contributed by atoms with Gasteiger partial charge in [0.05, 0.1) is 20.1 Å². The van der Waals surface area contributed by atoms with Gasteiger partial charge in [-0.05, 0) is 6.92 Å². The Bertz CT molecular complexity index is 375. The van der Waals surface area contributed by atoms with Gasteiger partial charge in [0, 0.05) is 13.0 Å². The summed E-state index contributed by atoms with van der Waals surface area (Å²) in [5.41, 5.74) is 0. The van der Waals surface area contributed by atoms with Gasteiger partial charge in [-0.15, -0.1) is 0 Å². The van der Waals surface area contributed by atoms with Crippen molar-refractivity contribution in [2.24, 2.45) is 11.8 Å². The van der Waals surface area contributed by atoms with Crippen molar-refractivity contribution >= 4 is 23.8 Å². The number of hydrogen-bond acceptors (Lipinski definition) is 6. The van der Waals surface area contributed by atoms with Crippen LogP contribution in [0.15, 0.2) is 0 Å². The molecule has 0 unspecified atom stereocenters. The number of imide groups is 1. The summed E-state index contributed by atoms with van der Waals surface area (Å²) < 4.78 is 8.96. The van der Waals surface area contributed by atoms with Crippen LogP contribution >= 0.6 is 0 Å². The molecule has 0 spiro atoms. The lowest BCUT2D eigenvalue weighted by molar-refractivity contribution is -0.164. The third-order valence-corrected chi connectivity index (χ3v) is 2.91. The molecule has 1 atom stereocenters. The molecule has 100 valence electrons. The van der Waals surface area contributed by atoms with Gasteiger partial charge in [-0.1, -0.05) is 0 Å². The largest absolute Gasteiger partial charge is 0.468 e. The first-order valence-corrected chi connectivity index (χ1v) is 5.47. The van der Waals surface area contributed by atoms with Gasteiger partial charge in [0.15, 0.2) is 5.92 Å². The average molecular weight is 257 g/mol. The second-order valence-electron chi connectivity index (χ2n) is 3.81. The normalized spacial score (nSPS) is 19.3. The van der Waals surface area contributed by atoms with Crippen molar-refractivity contribution in [3.8, 4) is 0 Å². The molecule has 1 saturated heterocycles. The first-order chi connectivity index (χ1) is 8.47. The summed E-state index contributed by atoms with van der Waals surface area (Å²) in [6, 6.07) is 0. The zero-order valence-electron chi connectivity index (χ0n) is 10.5. The van der Waals surface area contributed by atoms with Crippen molar-refractivity contribution in [3.05, 3.63) is 0 Å². The van der Waals surface area contributed by atoms with Crippen LogP contribution in [0.4, 0.5) is 0 Å². The number of rotatable bonds is 4. The Morgan fingerprint density at radius 2 is 1.78 bits per heavy atom. The van der Waals surface area contributed by atoms with Gasteiger partial charge >= 0.3 is 11.9 Å². The van der Waals surface area contributed by atoms with Crippen molar-refractivity contribution in [1.29, 1.82) is 0 Å². The molecule has 1 fully saturated rings. The summed E-state index contributed by atoms with van der Waals surface area (Å²) >= 11 is 0. The average Bonchev–Trinajstić information content (AvgIpc) is 2.64. The van der Waals surface area contributed by atoms with E-state index in [1.54, 1.807) is 6.92 Å². The Kier molecular flexibility index (Phi) is 4.41. The van der Waals surface area contributed by atoms with Crippen molar-refractivity contribution in [1.82, 2.24) is 4.90 Å². The maximum absolute atomic E-state index is 11.9. The molecule has 0 aromatic heterocycles. The van der Waals surface area contributed by atoms with E-state index in [1.165, 1.54) is 0 Å². The van der Waals surface area contributed by atoms with Crippen LogP contribution in [0.1, 0.15) is 13.3 Å². The molecule has 0 radical (unpaired) electrons. The minimum absolute atomic E-state index is 0.179. The predicted octanol–water partition coefficient (Wildman–Crippen LogP) is -0.656. The lowest BCUT2D eigenvalue weighted by atomic mass is 9.91. The zero-order chi connectivity index (χ0) is 13.9. The number of hydrogen-bond donors (Lipinski definition) is 0. The minimum atomic E-state index is -1.38. The summed E-state index contributed by atoms with van der Waals surface area (Å²) in [5.74, 6) is -5.09. The van der Waals surface area contributed by atoms with Crippen molar-refractivity contribution < 1.29 is 28.7 Å².